The number of rotatable bonds is 4. The molecule has 1 aromatic carbocycles. The van der Waals surface area contributed by atoms with Crippen molar-refractivity contribution in [2.45, 2.75) is 45.4 Å². The van der Waals surface area contributed by atoms with Crippen molar-refractivity contribution in [2.24, 2.45) is 5.92 Å². The molecule has 2 aliphatic rings. The molecule has 4 rings (SSSR count). The number of amides is 1. The number of para-hydroxylation sites is 1. The first-order chi connectivity index (χ1) is 12.7. The number of nitrogens with zero attached hydrogens (tertiary/aromatic N) is 2. The molecule has 0 radical (unpaired) electrons. The van der Waals surface area contributed by atoms with Crippen molar-refractivity contribution in [1.29, 1.82) is 0 Å². The van der Waals surface area contributed by atoms with Crippen molar-refractivity contribution in [3.63, 3.8) is 0 Å². The Balaban J connectivity index is 1.32. The lowest BCUT2D eigenvalue weighted by atomic mass is 9.95. The molecule has 2 heterocycles. The van der Waals surface area contributed by atoms with Crippen LogP contribution in [0.3, 0.4) is 0 Å². The first-order valence-corrected chi connectivity index (χ1v) is 9.54. The Hall–Kier alpha value is -2.43. The molecule has 0 unspecified atom stereocenters. The number of hydrogen-bond acceptors (Lipinski definition) is 4. The summed E-state index contributed by atoms with van der Waals surface area (Å²) in [7, 11) is 0. The van der Waals surface area contributed by atoms with Crippen LogP contribution in [0.2, 0.25) is 0 Å². The van der Waals surface area contributed by atoms with Crippen molar-refractivity contribution in [1.82, 2.24) is 15.3 Å². The highest BCUT2D eigenvalue weighted by Gasteiger charge is 2.25. The van der Waals surface area contributed by atoms with Crippen LogP contribution in [0.1, 0.15) is 41.2 Å². The van der Waals surface area contributed by atoms with Crippen LogP contribution in [0.4, 0.5) is 0 Å². The molecule has 1 amide bonds. The van der Waals surface area contributed by atoms with E-state index >= 15 is 0 Å². The van der Waals surface area contributed by atoms with Gasteiger partial charge >= 0.3 is 0 Å². The van der Waals surface area contributed by atoms with E-state index in [1.54, 1.807) is 0 Å². The van der Waals surface area contributed by atoms with Gasteiger partial charge in [-0.15, -0.1) is 0 Å². The molecule has 1 aliphatic heterocycles. The van der Waals surface area contributed by atoms with Crippen LogP contribution < -0.4 is 10.1 Å². The number of carbonyl (C=O) groups excluding carboxylic acids is 1. The van der Waals surface area contributed by atoms with Gasteiger partial charge in [0.25, 0.3) is 0 Å². The third-order valence-corrected chi connectivity index (χ3v) is 5.33. The van der Waals surface area contributed by atoms with Crippen molar-refractivity contribution in [3.05, 3.63) is 52.6 Å². The monoisotopic (exact) mass is 351 g/mol. The van der Waals surface area contributed by atoms with Crippen molar-refractivity contribution < 1.29 is 9.53 Å². The van der Waals surface area contributed by atoms with Crippen LogP contribution in [0.5, 0.6) is 5.75 Å². The van der Waals surface area contributed by atoms with E-state index in [2.05, 4.69) is 17.2 Å². The molecule has 0 fully saturated rings. The number of ether oxygens (including phenoxy) is 1. The summed E-state index contributed by atoms with van der Waals surface area (Å²) in [5.74, 6) is 1.66. The van der Waals surface area contributed by atoms with Gasteiger partial charge in [0.1, 0.15) is 18.2 Å². The first-order valence-electron chi connectivity index (χ1n) is 9.54. The SMILES string of the molecule is Cc1nc(CCNC(=O)[C@H]2COc3ccccc3C2)nc2c1CCCC2. The van der Waals surface area contributed by atoms with E-state index < -0.39 is 0 Å². The van der Waals surface area contributed by atoms with Gasteiger partial charge in [-0.1, -0.05) is 18.2 Å². The molecular weight excluding hydrogens is 326 g/mol. The average Bonchev–Trinajstić information content (AvgIpc) is 2.67. The van der Waals surface area contributed by atoms with Crippen molar-refractivity contribution in [3.8, 4) is 5.75 Å². The number of nitrogens with one attached hydrogen (secondary N) is 1. The standard InChI is InChI=1S/C21H25N3O2/c1-14-17-7-3-4-8-18(17)24-20(23-14)10-11-22-21(25)16-12-15-6-2-5-9-19(15)26-13-16/h2,5-6,9,16H,3-4,7-8,10-13H2,1H3,(H,22,25)/t16-/m1/s1. The van der Waals surface area contributed by atoms with Gasteiger partial charge in [-0.05, 0) is 56.2 Å². The molecule has 26 heavy (non-hydrogen) atoms. The summed E-state index contributed by atoms with van der Waals surface area (Å²) in [5, 5.41) is 3.03. The van der Waals surface area contributed by atoms with Gasteiger partial charge in [-0.2, -0.15) is 0 Å². The molecule has 2 aromatic rings. The van der Waals surface area contributed by atoms with Crippen LogP contribution in [0.15, 0.2) is 24.3 Å². The maximum Gasteiger partial charge on any atom is 0.226 e. The third kappa shape index (κ3) is 3.57. The fourth-order valence-electron chi connectivity index (χ4n) is 3.89. The first kappa shape index (κ1) is 17.0. The number of aryl methyl sites for hydroxylation is 2. The molecule has 0 saturated heterocycles. The van der Waals surface area contributed by atoms with Crippen molar-refractivity contribution >= 4 is 5.91 Å². The van der Waals surface area contributed by atoms with Gasteiger partial charge in [0.05, 0.1) is 5.92 Å². The van der Waals surface area contributed by atoms with Gasteiger partial charge in [-0.25, -0.2) is 9.97 Å². The van der Waals surface area contributed by atoms with Crippen LogP contribution >= 0.6 is 0 Å². The quantitative estimate of drug-likeness (QED) is 0.919. The third-order valence-electron chi connectivity index (χ3n) is 5.33. The minimum Gasteiger partial charge on any atom is -0.492 e. The Morgan fingerprint density at radius 2 is 2.08 bits per heavy atom. The largest absolute Gasteiger partial charge is 0.492 e. The second kappa shape index (κ2) is 7.44. The highest BCUT2D eigenvalue weighted by Crippen LogP contribution is 2.26. The zero-order valence-electron chi connectivity index (χ0n) is 15.3. The number of aromatic nitrogens is 2. The predicted octanol–water partition coefficient (Wildman–Crippen LogP) is 2.57. The molecular formula is C21H25N3O2. The molecule has 0 spiro atoms. The Morgan fingerprint density at radius 3 is 3.00 bits per heavy atom. The Morgan fingerprint density at radius 1 is 1.23 bits per heavy atom. The fraction of sp³-hybridized carbons (Fsp3) is 0.476. The Bertz CT molecular complexity index is 819. The second-order valence-electron chi connectivity index (χ2n) is 7.22. The lowest BCUT2D eigenvalue weighted by Gasteiger charge is -2.24. The topological polar surface area (TPSA) is 64.1 Å². The van der Waals surface area contributed by atoms with Crippen molar-refractivity contribution in [2.75, 3.05) is 13.2 Å². The van der Waals surface area contributed by atoms with E-state index in [0.717, 1.165) is 42.1 Å². The Labute approximate surface area is 154 Å². The predicted molar refractivity (Wildman–Crippen MR) is 99.3 cm³/mol. The highest BCUT2D eigenvalue weighted by molar-refractivity contribution is 5.79. The summed E-state index contributed by atoms with van der Waals surface area (Å²) in [4.78, 5) is 21.8. The van der Waals surface area contributed by atoms with E-state index in [0.29, 0.717) is 19.6 Å². The number of hydrogen-bond donors (Lipinski definition) is 1. The summed E-state index contributed by atoms with van der Waals surface area (Å²) < 4.78 is 5.71. The van der Waals surface area contributed by atoms with Gasteiger partial charge in [0.15, 0.2) is 0 Å². The van der Waals surface area contributed by atoms with E-state index in [4.69, 9.17) is 9.72 Å². The maximum atomic E-state index is 12.5. The maximum absolute atomic E-state index is 12.5. The van der Waals surface area contributed by atoms with E-state index in [-0.39, 0.29) is 11.8 Å². The molecule has 5 nitrogen and oxygen atoms in total. The zero-order valence-corrected chi connectivity index (χ0v) is 15.3. The summed E-state index contributed by atoms with van der Waals surface area (Å²) in [6.07, 6.45) is 6.00. The molecule has 1 aromatic heterocycles. The van der Waals surface area contributed by atoms with Gasteiger partial charge in [-0.3, -0.25) is 4.79 Å². The summed E-state index contributed by atoms with van der Waals surface area (Å²) in [5.41, 5.74) is 4.75. The fourth-order valence-corrected chi connectivity index (χ4v) is 3.89. The minimum absolute atomic E-state index is 0.0502. The van der Waals surface area contributed by atoms with E-state index in [1.807, 2.05) is 24.3 Å². The average molecular weight is 351 g/mol. The second-order valence-corrected chi connectivity index (χ2v) is 7.22. The Kier molecular flexibility index (Phi) is 4.87. The number of benzene rings is 1. The lowest BCUT2D eigenvalue weighted by molar-refractivity contribution is -0.126. The molecule has 0 bridgehead atoms. The lowest BCUT2D eigenvalue weighted by Crippen LogP contribution is -2.38. The number of fused-ring (bicyclic) bond motifs is 2. The van der Waals surface area contributed by atoms with Crippen LogP contribution in [-0.2, 0) is 30.5 Å². The zero-order chi connectivity index (χ0) is 17.9. The normalized spacial score (nSPS) is 18.4. The molecule has 1 N–H and O–H groups in total. The summed E-state index contributed by atoms with van der Waals surface area (Å²) >= 11 is 0. The smallest absolute Gasteiger partial charge is 0.226 e. The minimum atomic E-state index is -0.129. The van der Waals surface area contributed by atoms with Gasteiger partial charge < -0.3 is 10.1 Å². The molecule has 5 heteroatoms. The number of carbonyl (C=O) groups is 1. The van der Waals surface area contributed by atoms with E-state index in [9.17, 15) is 4.79 Å². The van der Waals surface area contributed by atoms with Crippen LogP contribution in [0, 0.1) is 12.8 Å². The van der Waals surface area contributed by atoms with Gasteiger partial charge in [0, 0.05) is 24.4 Å². The molecule has 1 atom stereocenters. The van der Waals surface area contributed by atoms with Crippen LogP contribution in [0.25, 0.3) is 0 Å². The van der Waals surface area contributed by atoms with Gasteiger partial charge in [0.2, 0.25) is 5.91 Å². The molecule has 136 valence electrons. The van der Waals surface area contributed by atoms with Crippen LogP contribution in [-0.4, -0.2) is 29.0 Å². The van der Waals surface area contributed by atoms with E-state index in [1.165, 1.54) is 24.1 Å². The summed E-state index contributed by atoms with van der Waals surface area (Å²) in [6.45, 7) is 3.08. The summed E-state index contributed by atoms with van der Waals surface area (Å²) in [6, 6.07) is 7.93. The highest BCUT2D eigenvalue weighted by atomic mass is 16.5. The molecule has 0 saturated carbocycles. The molecule has 1 aliphatic carbocycles.